The second-order valence-electron chi connectivity index (χ2n) is 4.59. The van der Waals surface area contributed by atoms with Crippen molar-refractivity contribution in [3.63, 3.8) is 0 Å². The third-order valence-electron chi connectivity index (χ3n) is 3.12. The maximum Gasteiger partial charge on any atom is 0.171 e. The molecule has 0 heterocycles. The van der Waals surface area contributed by atoms with Crippen molar-refractivity contribution in [1.29, 1.82) is 0 Å². The molecular formula is C15H15BrFN3O. The highest BCUT2D eigenvalue weighted by atomic mass is 79.9. The molecule has 2 rings (SSSR count). The van der Waals surface area contributed by atoms with Gasteiger partial charge in [0.05, 0.1) is 10.2 Å². The fraction of sp³-hybridized carbons (Fsp3) is 0.133. The van der Waals surface area contributed by atoms with Crippen molar-refractivity contribution < 1.29 is 9.60 Å². The summed E-state index contributed by atoms with van der Waals surface area (Å²) in [5.41, 5.74) is 7.33. The van der Waals surface area contributed by atoms with Crippen LogP contribution < -0.4 is 10.6 Å². The van der Waals surface area contributed by atoms with Crippen molar-refractivity contribution in [1.82, 2.24) is 0 Å². The topological polar surface area (TPSA) is 61.8 Å². The van der Waals surface area contributed by atoms with Crippen molar-refractivity contribution in [3.8, 4) is 0 Å². The van der Waals surface area contributed by atoms with Gasteiger partial charge in [0, 0.05) is 19.2 Å². The van der Waals surface area contributed by atoms with Crippen molar-refractivity contribution in [2.45, 2.75) is 6.54 Å². The molecule has 0 spiro atoms. The number of halogens is 2. The Hall–Kier alpha value is -2.08. The molecule has 0 aliphatic heterocycles. The van der Waals surface area contributed by atoms with E-state index in [9.17, 15) is 4.39 Å². The van der Waals surface area contributed by atoms with Crippen LogP contribution in [0.5, 0.6) is 0 Å². The summed E-state index contributed by atoms with van der Waals surface area (Å²) in [4.78, 5) is 1.80. The van der Waals surface area contributed by atoms with E-state index in [1.165, 1.54) is 0 Å². The lowest BCUT2D eigenvalue weighted by molar-refractivity contribution is 0.318. The first-order valence-electron chi connectivity index (χ1n) is 6.25. The second kappa shape index (κ2) is 6.58. The molecule has 2 aromatic rings. The van der Waals surface area contributed by atoms with Gasteiger partial charge in [-0.15, -0.1) is 0 Å². The molecule has 0 saturated heterocycles. The minimum absolute atomic E-state index is 0.141. The predicted molar refractivity (Wildman–Crippen MR) is 85.2 cm³/mol. The van der Waals surface area contributed by atoms with E-state index in [2.05, 4.69) is 21.1 Å². The Labute approximate surface area is 130 Å². The summed E-state index contributed by atoms with van der Waals surface area (Å²) in [7, 11) is 1.81. The van der Waals surface area contributed by atoms with Crippen LogP contribution in [0.25, 0.3) is 0 Å². The molecule has 0 atom stereocenters. The largest absolute Gasteiger partial charge is 0.409 e. The number of benzene rings is 2. The zero-order chi connectivity index (χ0) is 15.4. The average molecular weight is 352 g/mol. The number of nitrogens with two attached hydrogens (primary N) is 1. The number of anilines is 1. The molecule has 6 heteroatoms. The quantitative estimate of drug-likeness (QED) is 0.384. The number of rotatable bonds is 4. The molecule has 110 valence electrons. The SMILES string of the molecule is CN(Cc1ccccc1)c1ccc(/C(N)=N/O)c(Br)c1F. The normalized spacial score (nSPS) is 11.5. The number of hydrogen-bond donors (Lipinski definition) is 2. The van der Waals surface area contributed by atoms with E-state index in [1.807, 2.05) is 30.3 Å². The lowest BCUT2D eigenvalue weighted by Crippen LogP contribution is -2.20. The van der Waals surface area contributed by atoms with Gasteiger partial charge < -0.3 is 15.8 Å². The lowest BCUT2D eigenvalue weighted by atomic mass is 10.1. The summed E-state index contributed by atoms with van der Waals surface area (Å²) in [5, 5.41) is 11.6. The van der Waals surface area contributed by atoms with Gasteiger partial charge in [-0.1, -0.05) is 35.5 Å². The number of nitrogens with zero attached hydrogens (tertiary/aromatic N) is 2. The predicted octanol–water partition coefficient (Wildman–Crippen LogP) is 3.32. The van der Waals surface area contributed by atoms with Crippen molar-refractivity contribution in [2.24, 2.45) is 10.9 Å². The molecule has 0 aliphatic rings. The second-order valence-corrected chi connectivity index (χ2v) is 5.38. The van der Waals surface area contributed by atoms with E-state index in [1.54, 1.807) is 24.1 Å². The third-order valence-corrected chi connectivity index (χ3v) is 3.89. The van der Waals surface area contributed by atoms with Gasteiger partial charge in [-0.2, -0.15) is 0 Å². The molecule has 3 N–H and O–H groups in total. The average Bonchev–Trinajstić information content (AvgIpc) is 2.50. The van der Waals surface area contributed by atoms with Crippen LogP contribution in [-0.2, 0) is 6.54 Å². The third kappa shape index (κ3) is 3.33. The fourth-order valence-corrected chi connectivity index (χ4v) is 2.57. The minimum Gasteiger partial charge on any atom is -0.409 e. The molecule has 0 saturated carbocycles. The molecule has 0 amide bonds. The van der Waals surface area contributed by atoms with Crippen LogP contribution in [0.4, 0.5) is 10.1 Å². The first-order valence-corrected chi connectivity index (χ1v) is 7.05. The summed E-state index contributed by atoms with van der Waals surface area (Å²) in [5.74, 6) is -0.587. The number of hydrogen-bond acceptors (Lipinski definition) is 3. The van der Waals surface area contributed by atoms with Crippen molar-refractivity contribution in [2.75, 3.05) is 11.9 Å². The highest BCUT2D eigenvalue weighted by molar-refractivity contribution is 9.10. The van der Waals surface area contributed by atoms with Crippen LogP contribution in [0.3, 0.4) is 0 Å². The molecule has 0 aliphatic carbocycles. The summed E-state index contributed by atoms with van der Waals surface area (Å²) in [6.45, 7) is 0.577. The lowest BCUT2D eigenvalue weighted by Gasteiger charge is -2.21. The van der Waals surface area contributed by atoms with Crippen molar-refractivity contribution >= 4 is 27.5 Å². The van der Waals surface area contributed by atoms with Gasteiger partial charge in [0.15, 0.2) is 11.7 Å². The molecule has 0 unspecified atom stereocenters. The van der Waals surface area contributed by atoms with Crippen LogP contribution in [-0.4, -0.2) is 18.1 Å². The maximum absolute atomic E-state index is 14.4. The fourth-order valence-electron chi connectivity index (χ4n) is 2.03. The first kappa shape index (κ1) is 15.3. The summed E-state index contributed by atoms with van der Waals surface area (Å²) in [6, 6.07) is 13.0. The van der Waals surface area contributed by atoms with E-state index >= 15 is 0 Å². The van der Waals surface area contributed by atoms with Gasteiger partial charge >= 0.3 is 0 Å². The molecule has 21 heavy (non-hydrogen) atoms. The Kier molecular flexibility index (Phi) is 4.80. The Morgan fingerprint density at radius 1 is 1.29 bits per heavy atom. The van der Waals surface area contributed by atoms with E-state index in [0.717, 1.165) is 5.56 Å². The highest BCUT2D eigenvalue weighted by Gasteiger charge is 2.16. The zero-order valence-corrected chi connectivity index (χ0v) is 13.0. The van der Waals surface area contributed by atoms with Gasteiger partial charge in [-0.25, -0.2) is 4.39 Å². The van der Waals surface area contributed by atoms with E-state index < -0.39 is 5.82 Å². The van der Waals surface area contributed by atoms with Gasteiger partial charge in [0.2, 0.25) is 0 Å². The Morgan fingerprint density at radius 3 is 2.57 bits per heavy atom. The molecule has 2 aromatic carbocycles. The summed E-state index contributed by atoms with van der Waals surface area (Å²) in [6.07, 6.45) is 0. The molecule has 0 bridgehead atoms. The van der Waals surface area contributed by atoms with Gasteiger partial charge in [-0.05, 0) is 33.6 Å². The smallest absolute Gasteiger partial charge is 0.171 e. The highest BCUT2D eigenvalue weighted by Crippen LogP contribution is 2.29. The number of oxime groups is 1. The van der Waals surface area contributed by atoms with Crippen LogP contribution in [0.2, 0.25) is 0 Å². The van der Waals surface area contributed by atoms with Crippen LogP contribution in [0, 0.1) is 5.82 Å². The minimum atomic E-state index is -0.447. The number of amidine groups is 1. The molecule has 0 radical (unpaired) electrons. The molecular weight excluding hydrogens is 337 g/mol. The monoisotopic (exact) mass is 351 g/mol. The summed E-state index contributed by atoms with van der Waals surface area (Å²) >= 11 is 3.15. The van der Waals surface area contributed by atoms with Crippen LogP contribution in [0.15, 0.2) is 52.1 Å². The van der Waals surface area contributed by atoms with Gasteiger partial charge in [-0.3, -0.25) is 0 Å². The van der Waals surface area contributed by atoms with Gasteiger partial charge in [0.25, 0.3) is 0 Å². The van der Waals surface area contributed by atoms with E-state index in [4.69, 9.17) is 10.9 Å². The van der Waals surface area contributed by atoms with Gasteiger partial charge in [0.1, 0.15) is 0 Å². The standard InChI is InChI=1S/C15H15BrFN3O/c1-20(9-10-5-3-2-4-6-10)12-8-7-11(15(18)19-21)13(16)14(12)17/h2-8,21H,9H2,1H3,(H2,18,19). The van der Waals surface area contributed by atoms with E-state index in [0.29, 0.717) is 17.8 Å². The first-order chi connectivity index (χ1) is 10.0. The van der Waals surface area contributed by atoms with Crippen LogP contribution in [0.1, 0.15) is 11.1 Å². The Bertz CT molecular complexity index is 661. The summed E-state index contributed by atoms with van der Waals surface area (Å²) < 4.78 is 14.6. The maximum atomic E-state index is 14.4. The Morgan fingerprint density at radius 2 is 1.95 bits per heavy atom. The molecule has 4 nitrogen and oxygen atoms in total. The van der Waals surface area contributed by atoms with Crippen molar-refractivity contribution in [3.05, 3.63) is 63.9 Å². The van der Waals surface area contributed by atoms with E-state index in [-0.39, 0.29) is 10.3 Å². The molecule has 0 aromatic heterocycles. The zero-order valence-electron chi connectivity index (χ0n) is 11.4. The molecule has 0 fully saturated rings. The van der Waals surface area contributed by atoms with Crippen LogP contribution >= 0.6 is 15.9 Å². The Balaban J connectivity index is 2.30.